The Morgan fingerprint density at radius 2 is 1.41 bits per heavy atom. The molecule has 0 bridgehead atoms. The lowest BCUT2D eigenvalue weighted by Gasteiger charge is -2.34. The van der Waals surface area contributed by atoms with E-state index in [9.17, 15) is 13.2 Å². The van der Waals surface area contributed by atoms with Gasteiger partial charge in [-0.1, -0.05) is 43.2 Å². The van der Waals surface area contributed by atoms with Gasteiger partial charge in [-0.3, -0.25) is 4.79 Å². The lowest BCUT2D eigenvalue weighted by atomic mass is 10.1. The predicted octanol–water partition coefficient (Wildman–Crippen LogP) is 2.67. The van der Waals surface area contributed by atoms with Gasteiger partial charge in [0, 0.05) is 37.8 Å². The first-order valence-corrected chi connectivity index (χ1v) is 11.9. The average Bonchev–Trinajstić information content (AvgIpc) is 3.05. The van der Waals surface area contributed by atoms with Crippen molar-refractivity contribution >= 4 is 10.2 Å². The lowest BCUT2D eigenvalue weighted by Crippen LogP contribution is -2.48. The molecule has 8 heteroatoms. The van der Waals surface area contributed by atoms with E-state index in [4.69, 9.17) is 0 Å². The molecule has 0 amide bonds. The van der Waals surface area contributed by atoms with Crippen LogP contribution in [0.2, 0.25) is 0 Å². The quantitative estimate of drug-likeness (QED) is 0.768. The maximum absolute atomic E-state index is 13.0. The molecule has 156 valence electrons. The molecular weight excluding hydrogens is 388 g/mol. The summed E-state index contributed by atoms with van der Waals surface area (Å²) in [5.41, 5.74) is 1.57. The normalized spacial score (nSPS) is 20.4. The van der Waals surface area contributed by atoms with Crippen molar-refractivity contribution < 1.29 is 8.42 Å². The highest BCUT2D eigenvalue weighted by Crippen LogP contribution is 2.26. The van der Waals surface area contributed by atoms with E-state index in [0.717, 1.165) is 36.9 Å². The largest absolute Gasteiger partial charge is 0.281 e. The molecule has 0 atom stereocenters. The second-order valence-corrected chi connectivity index (χ2v) is 9.75. The molecule has 0 radical (unpaired) electrons. The topological polar surface area (TPSA) is 75.5 Å². The van der Waals surface area contributed by atoms with E-state index in [1.807, 2.05) is 30.3 Å². The molecule has 2 saturated heterocycles. The van der Waals surface area contributed by atoms with Crippen LogP contribution in [-0.2, 0) is 10.2 Å². The van der Waals surface area contributed by atoms with E-state index in [1.165, 1.54) is 4.68 Å². The van der Waals surface area contributed by atoms with Crippen LogP contribution >= 0.6 is 0 Å². The Morgan fingerprint density at radius 3 is 2.07 bits per heavy atom. The highest BCUT2D eigenvalue weighted by molar-refractivity contribution is 7.86. The van der Waals surface area contributed by atoms with Crippen molar-refractivity contribution in [1.29, 1.82) is 0 Å². The van der Waals surface area contributed by atoms with Crippen molar-refractivity contribution in [1.82, 2.24) is 18.4 Å². The third-order valence-corrected chi connectivity index (χ3v) is 7.92. The molecule has 2 aliphatic heterocycles. The molecule has 3 heterocycles. The van der Waals surface area contributed by atoms with Gasteiger partial charge in [0.05, 0.1) is 11.7 Å². The van der Waals surface area contributed by atoms with Crippen molar-refractivity contribution in [3.63, 3.8) is 0 Å². The summed E-state index contributed by atoms with van der Waals surface area (Å²) in [5, 5.41) is 4.58. The van der Waals surface area contributed by atoms with Gasteiger partial charge in [0.15, 0.2) is 0 Å². The van der Waals surface area contributed by atoms with Crippen LogP contribution < -0.4 is 5.56 Å². The van der Waals surface area contributed by atoms with Crippen molar-refractivity contribution in [2.24, 2.45) is 0 Å². The molecule has 0 saturated carbocycles. The van der Waals surface area contributed by atoms with Crippen LogP contribution in [-0.4, -0.2) is 53.0 Å². The number of hydrogen-bond acceptors (Lipinski definition) is 4. The van der Waals surface area contributed by atoms with Gasteiger partial charge in [-0.15, -0.1) is 0 Å². The molecule has 0 unspecified atom stereocenters. The van der Waals surface area contributed by atoms with Crippen molar-refractivity contribution in [3.8, 4) is 11.3 Å². The summed E-state index contributed by atoms with van der Waals surface area (Å²) in [6, 6.07) is 13.0. The zero-order valence-corrected chi connectivity index (χ0v) is 17.4. The van der Waals surface area contributed by atoms with Crippen LogP contribution in [0.1, 0.15) is 44.6 Å². The standard InChI is InChI=1S/C21H28N4O3S/c26-21-11-10-20(18-8-4-3-5-9-18)22-25(21)19-12-16-24(17-13-19)29(27,28)23-14-6-1-2-7-15-23/h3-5,8-11,19H,1-2,6-7,12-17H2. The van der Waals surface area contributed by atoms with Crippen LogP contribution in [0.3, 0.4) is 0 Å². The van der Waals surface area contributed by atoms with Crippen molar-refractivity contribution in [2.45, 2.75) is 44.6 Å². The summed E-state index contributed by atoms with van der Waals surface area (Å²) < 4.78 is 30.8. The first-order chi connectivity index (χ1) is 14.1. The summed E-state index contributed by atoms with van der Waals surface area (Å²) in [6.45, 7) is 2.07. The Kier molecular flexibility index (Phi) is 6.12. The fourth-order valence-corrected chi connectivity index (χ4v) is 5.92. The number of rotatable bonds is 4. The van der Waals surface area contributed by atoms with Gasteiger partial charge >= 0.3 is 0 Å². The van der Waals surface area contributed by atoms with Crippen molar-refractivity contribution in [3.05, 3.63) is 52.8 Å². The zero-order chi connectivity index (χ0) is 20.3. The average molecular weight is 417 g/mol. The Bertz CT molecular complexity index is 974. The van der Waals surface area contributed by atoms with Gasteiger partial charge in [0.25, 0.3) is 15.8 Å². The van der Waals surface area contributed by atoms with Crippen LogP contribution in [0.4, 0.5) is 0 Å². The first kappa shape index (κ1) is 20.3. The minimum atomic E-state index is -3.42. The minimum absolute atomic E-state index is 0.0817. The molecular formula is C21H28N4O3S. The SMILES string of the molecule is O=c1ccc(-c2ccccc2)nn1C1CCN(S(=O)(=O)N2CCCCCC2)CC1. The molecule has 2 aromatic rings. The fourth-order valence-electron chi connectivity index (χ4n) is 4.20. The fraction of sp³-hybridized carbons (Fsp3) is 0.524. The van der Waals surface area contributed by atoms with Gasteiger partial charge in [0.2, 0.25) is 0 Å². The Hall–Kier alpha value is -2.03. The maximum atomic E-state index is 13.0. The van der Waals surface area contributed by atoms with Crippen molar-refractivity contribution in [2.75, 3.05) is 26.2 Å². The molecule has 4 rings (SSSR count). The smallest absolute Gasteiger partial charge is 0.268 e. The molecule has 0 aliphatic carbocycles. The number of aromatic nitrogens is 2. The van der Waals surface area contributed by atoms with E-state index in [0.29, 0.717) is 39.0 Å². The third-order valence-electron chi connectivity index (χ3n) is 5.88. The highest BCUT2D eigenvalue weighted by Gasteiger charge is 2.34. The second-order valence-electron chi connectivity index (χ2n) is 7.82. The number of benzene rings is 1. The van der Waals surface area contributed by atoms with Gasteiger partial charge < -0.3 is 0 Å². The van der Waals surface area contributed by atoms with Crippen LogP contribution in [0.5, 0.6) is 0 Å². The Labute approximate surface area is 172 Å². The molecule has 1 aromatic heterocycles. The van der Waals surface area contributed by atoms with E-state index >= 15 is 0 Å². The highest BCUT2D eigenvalue weighted by atomic mass is 32.2. The molecule has 2 aliphatic rings. The summed E-state index contributed by atoms with van der Waals surface area (Å²) in [6.07, 6.45) is 5.25. The van der Waals surface area contributed by atoms with Gasteiger partial charge in [0.1, 0.15) is 0 Å². The number of piperidine rings is 1. The molecule has 0 spiro atoms. The predicted molar refractivity (Wildman–Crippen MR) is 113 cm³/mol. The van der Waals surface area contributed by atoms with E-state index in [2.05, 4.69) is 5.10 Å². The number of hydrogen-bond donors (Lipinski definition) is 0. The third kappa shape index (κ3) is 4.44. The Balaban J connectivity index is 1.48. The summed E-state index contributed by atoms with van der Waals surface area (Å²) in [5.74, 6) is 0. The monoisotopic (exact) mass is 416 g/mol. The number of nitrogens with zero attached hydrogens (tertiary/aromatic N) is 4. The maximum Gasteiger partial charge on any atom is 0.281 e. The summed E-state index contributed by atoms with van der Waals surface area (Å²) >= 11 is 0. The molecule has 2 fully saturated rings. The van der Waals surface area contributed by atoms with Crippen LogP contribution in [0, 0.1) is 0 Å². The molecule has 29 heavy (non-hydrogen) atoms. The molecule has 1 aromatic carbocycles. The summed E-state index contributed by atoms with van der Waals surface area (Å²) in [4.78, 5) is 12.4. The van der Waals surface area contributed by atoms with E-state index in [-0.39, 0.29) is 11.6 Å². The van der Waals surface area contributed by atoms with Gasteiger partial charge in [-0.25, -0.2) is 4.68 Å². The van der Waals surface area contributed by atoms with E-state index in [1.54, 1.807) is 20.7 Å². The second kappa shape index (κ2) is 8.77. The molecule has 7 nitrogen and oxygen atoms in total. The molecule has 0 N–H and O–H groups in total. The first-order valence-electron chi connectivity index (χ1n) is 10.5. The zero-order valence-electron chi connectivity index (χ0n) is 16.6. The minimum Gasteiger partial charge on any atom is -0.268 e. The summed E-state index contributed by atoms with van der Waals surface area (Å²) in [7, 11) is -3.42. The van der Waals surface area contributed by atoms with E-state index < -0.39 is 10.2 Å². The van der Waals surface area contributed by atoms with Crippen LogP contribution in [0.25, 0.3) is 11.3 Å². The van der Waals surface area contributed by atoms with Crippen LogP contribution in [0.15, 0.2) is 47.3 Å². The van der Waals surface area contributed by atoms with Gasteiger partial charge in [-0.05, 0) is 31.7 Å². The van der Waals surface area contributed by atoms with Gasteiger partial charge in [-0.2, -0.15) is 22.1 Å². The lowest BCUT2D eigenvalue weighted by molar-refractivity contribution is 0.240. The Morgan fingerprint density at radius 1 is 0.793 bits per heavy atom.